The fourth-order valence-electron chi connectivity index (χ4n) is 0.218. The van der Waals surface area contributed by atoms with Crippen molar-refractivity contribution in [2.45, 2.75) is 27.7 Å². The van der Waals surface area contributed by atoms with E-state index in [1.807, 2.05) is 13.8 Å². The molecule has 0 heterocycles. The van der Waals surface area contributed by atoms with Crippen LogP contribution in [0, 0.1) is 5.92 Å². The fraction of sp³-hybridized carbons (Fsp3) is 0.857. The predicted molar refractivity (Wildman–Crippen MR) is 41.3 cm³/mol. The van der Waals surface area contributed by atoms with Gasteiger partial charge in [0.25, 0.3) is 0 Å². The van der Waals surface area contributed by atoms with E-state index >= 15 is 0 Å². The molecule has 0 aliphatic heterocycles. The lowest BCUT2D eigenvalue weighted by Gasteiger charge is -2.02. The highest BCUT2D eigenvalue weighted by Gasteiger charge is 2.03. The van der Waals surface area contributed by atoms with Gasteiger partial charge in [0.15, 0.2) is 0 Å². The number of hydrogen-bond donors (Lipinski definition) is 1. The van der Waals surface area contributed by atoms with Crippen molar-refractivity contribution < 1.29 is 9.63 Å². The average molecular weight is 147 g/mol. The third kappa shape index (κ3) is 7.43. The van der Waals surface area contributed by atoms with Crippen molar-refractivity contribution in [1.29, 1.82) is 0 Å². The summed E-state index contributed by atoms with van der Waals surface area (Å²) in [6.07, 6.45) is 0. The van der Waals surface area contributed by atoms with E-state index in [1.54, 1.807) is 13.8 Å². The SMILES string of the molecule is CC.CONC(=O)C(C)C. The van der Waals surface area contributed by atoms with Gasteiger partial charge in [-0.25, -0.2) is 5.48 Å². The molecule has 0 saturated carbocycles. The van der Waals surface area contributed by atoms with Gasteiger partial charge in [0.1, 0.15) is 0 Å². The Morgan fingerprint density at radius 3 is 1.90 bits per heavy atom. The van der Waals surface area contributed by atoms with Crippen LogP contribution < -0.4 is 5.48 Å². The summed E-state index contributed by atoms with van der Waals surface area (Å²) in [4.78, 5) is 14.9. The lowest BCUT2D eigenvalue weighted by molar-refractivity contribution is -0.134. The van der Waals surface area contributed by atoms with Gasteiger partial charge in [-0.05, 0) is 0 Å². The van der Waals surface area contributed by atoms with Crippen molar-refractivity contribution in [3.05, 3.63) is 0 Å². The number of carbonyl (C=O) groups excluding carboxylic acids is 1. The number of hydroxylamine groups is 1. The third-order valence-electron chi connectivity index (χ3n) is 0.727. The number of rotatable bonds is 2. The molecule has 0 aromatic rings. The van der Waals surface area contributed by atoms with Gasteiger partial charge in [0.05, 0.1) is 7.11 Å². The molecule has 1 N–H and O–H groups in total. The minimum atomic E-state index is -0.0903. The number of amides is 1. The molecule has 0 rings (SSSR count). The summed E-state index contributed by atoms with van der Waals surface area (Å²) in [7, 11) is 1.42. The standard InChI is InChI=1S/C5H11NO2.C2H6/c1-4(2)5(7)6-8-3;1-2/h4H,1-3H3,(H,6,7);1-2H3. The molecule has 0 spiro atoms. The van der Waals surface area contributed by atoms with E-state index < -0.39 is 0 Å². The monoisotopic (exact) mass is 147 g/mol. The average Bonchev–Trinajstić information content (AvgIpc) is 1.93. The van der Waals surface area contributed by atoms with E-state index in [0.29, 0.717) is 0 Å². The molecule has 0 atom stereocenters. The van der Waals surface area contributed by atoms with Crippen LogP contribution in [-0.2, 0) is 9.63 Å². The molecule has 0 aromatic carbocycles. The molecule has 10 heavy (non-hydrogen) atoms. The zero-order valence-electron chi connectivity index (χ0n) is 7.39. The predicted octanol–water partition coefficient (Wildman–Crippen LogP) is 1.35. The minimum Gasteiger partial charge on any atom is -0.277 e. The van der Waals surface area contributed by atoms with E-state index in [-0.39, 0.29) is 11.8 Å². The summed E-state index contributed by atoms with van der Waals surface area (Å²) >= 11 is 0. The first kappa shape index (κ1) is 12.1. The molecular weight excluding hydrogens is 130 g/mol. The molecule has 3 nitrogen and oxygen atoms in total. The largest absolute Gasteiger partial charge is 0.277 e. The zero-order chi connectivity index (χ0) is 8.57. The second-order valence-corrected chi connectivity index (χ2v) is 1.83. The highest BCUT2D eigenvalue weighted by molar-refractivity contribution is 5.76. The van der Waals surface area contributed by atoms with E-state index in [2.05, 4.69) is 10.3 Å². The van der Waals surface area contributed by atoms with Crippen molar-refractivity contribution in [2.24, 2.45) is 5.92 Å². The second kappa shape index (κ2) is 8.43. The van der Waals surface area contributed by atoms with Gasteiger partial charge in [-0.2, -0.15) is 0 Å². The summed E-state index contributed by atoms with van der Waals surface area (Å²) in [5, 5.41) is 0. The van der Waals surface area contributed by atoms with Crippen molar-refractivity contribution >= 4 is 5.91 Å². The van der Waals surface area contributed by atoms with Gasteiger partial charge in [-0.1, -0.05) is 27.7 Å². The molecule has 0 aromatic heterocycles. The van der Waals surface area contributed by atoms with Gasteiger partial charge < -0.3 is 0 Å². The van der Waals surface area contributed by atoms with Gasteiger partial charge in [-0.3, -0.25) is 9.63 Å². The van der Waals surface area contributed by atoms with E-state index in [9.17, 15) is 4.79 Å². The van der Waals surface area contributed by atoms with E-state index in [4.69, 9.17) is 0 Å². The maximum Gasteiger partial charge on any atom is 0.246 e. The van der Waals surface area contributed by atoms with Crippen LogP contribution in [0.4, 0.5) is 0 Å². The molecule has 0 saturated heterocycles. The van der Waals surface area contributed by atoms with Crippen LogP contribution in [0.3, 0.4) is 0 Å². The van der Waals surface area contributed by atoms with Gasteiger partial charge in [0.2, 0.25) is 5.91 Å². The maximum absolute atomic E-state index is 10.5. The lowest BCUT2D eigenvalue weighted by atomic mass is 10.2. The summed E-state index contributed by atoms with van der Waals surface area (Å²) in [5.74, 6) is -0.0950. The summed E-state index contributed by atoms with van der Waals surface area (Å²) < 4.78 is 0. The Morgan fingerprint density at radius 2 is 1.80 bits per heavy atom. The Labute approximate surface area is 62.7 Å². The molecule has 0 radical (unpaired) electrons. The first-order chi connectivity index (χ1) is 4.68. The Kier molecular flexibility index (Phi) is 10.2. The van der Waals surface area contributed by atoms with Crippen LogP contribution >= 0.6 is 0 Å². The van der Waals surface area contributed by atoms with Crippen LogP contribution in [0.25, 0.3) is 0 Å². The normalized spacial score (nSPS) is 8.20. The van der Waals surface area contributed by atoms with Crippen LogP contribution in [0.2, 0.25) is 0 Å². The smallest absolute Gasteiger partial charge is 0.246 e. The fourth-order valence-corrected chi connectivity index (χ4v) is 0.218. The van der Waals surface area contributed by atoms with Crippen LogP contribution in [0.5, 0.6) is 0 Å². The Morgan fingerprint density at radius 1 is 1.40 bits per heavy atom. The van der Waals surface area contributed by atoms with Crippen molar-refractivity contribution in [1.82, 2.24) is 5.48 Å². The molecule has 0 aliphatic carbocycles. The van der Waals surface area contributed by atoms with E-state index in [0.717, 1.165) is 0 Å². The molecule has 0 unspecified atom stereocenters. The third-order valence-corrected chi connectivity index (χ3v) is 0.727. The molecule has 62 valence electrons. The molecule has 0 aliphatic rings. The highest BCUT2D eigenvalue weighted by Crippen LogP contribution is 1.88. The van der Waals surface area contributed by atoms with Gasteiger partial charge in [-0.15, -0.1) is 0 Å². The zero-order valence-corrected chi connectivity index (χ0v) is 7.39. The Bertz CT molecular complexity index is 81.7. The number of carbonyl (C=O) groups is 1. The van der Waals surface area contributed by atoms with Crippen molar-refractivity contribution in [3.8, 4) is 0 Å². The second-order valence-electron chi connectivity index (χ2n) is 1.83. The Hall–Kier alpha value is -0.570. The molecule has 0 fully saturated rings. The molecular formula is C7H17NO2. The molecule has 0 bridgehead atoms. The van der Waals surface area contributed by atoms with Crippen LogP contribution in [-0.4, -0.2) is 13.0 Å². The molecule has 3 heteroatoms. The topological polar surface area (TPSA) is 38.3 Å². The van der Waals surface area contributed by atoms with Crippen LogP contribution in [0.1, 0.15) is 27.7 Å². The first-order valence-electron chi connectivity index (χ1n) is 3.51. The Balaban J connectivity index is 0. The lowest BCUT2D eigenvalue weighted by Crippen LogP contribution is -2.26. The summed E-state index contributed by atoms with van der Waals surface area (Å²) in [5.41, 5.74) is 2.21. The highest BCUT2D eigenvalue weighted by atomic mass is 16.6. The maximum atomic E-state index is 10.5. The number of hydrogen-bond acceptors (Lipinski definition) is 2. The molecule has 1 amide bonds. The first-order valence-corrected chi connectivity index (χ1v) is 3.51. The quantitative estimate of drug-likeness (QED) is 0.599. The van der Waals surface area contributed by atoms with Gasteiger partial charge >= 0.3 is 0 Å². The van der Waals surface area contributed by atoms with Crippen molar-refractivity contribution in [3.63, 3.8) is 0 Å². The summed E-state index contributed by atoms with van der Waals surface area (Å²) in [6, 6.07) is 0. The number of nitrogens with one attached hydrogen (secondary N) is 1. The van der Waals surface area contributed by atoms with Crippen molar-refractivity contribution in [2.75, 3.05) is 7.11 Å². The minimum absolute atomic E-state index is 0.00468. The summed E-state index contributed by atoms with van der Waals surface area (Å²) in [6.45, 7) is 7.60. The van der Waals surface area contributed by atoms with Gasteiger partial charge in [0, 0.05) is 5.92 Å². The van der Waals surface area contributed by atoms with Crippen LogP contribution in [0.15, 0.2) is 0 Å². The van der Waals surface area contributed by atoms with E-state index in [1.165, 1.54) is 7.11 Å².